The molecular formula is C6H7KNO4S+. The third-order valence-corrected chi connectivity index (χ3v) is 1.84. The predicted octanol–water partition coefficient (Wildman–Crippen LogP) is -2.31. The van der Waals surface area contributed by atoms with Gasteiger partial charge in [0.25, 0.3) is 0 Å². The quantitative estimate of drug-likeness (QED) is 0.339. The molecule has 5 nitrogen and oxygen atoms in total. The second-order valence-electron chi connectivity index (χ2n) is 2.06. The Morgan fingerprint density at radius 3 is 2.00 bits per heavy atom. The molecule has 0 aliphatic carbocycles. The molecule has 7 heteroatoms. The average Bonchev–Trinajstić information content (AvgIpc) is 2.03. The average molecular weight is 228 g/mol. The monoisotopic (exact) mass is 228 g/mol. The van der Waals surface area contributed by atoms with Crippen LogP contribution >= 0.6 is 0 Å². The van der Waals surface area contributed by atoms with Gasteiger partial charge in [-0.05, 0) is 12.1 Å². The molecule has 0 unspecified atom stereocenters. The van der Waals surface area contributed by atoms with Crippen molar-refractivity contribution in [2.75, 3.05) is 4.47 Å². The Balaban J connectivity index is 0.00000144. The minimum absolute atomic E-state index is 0. The van der Waals surface area contributed by atoms with Gasteiger partial charge in [0.15, 0.2) is 0 Å². The third kappa shape index (κ3) is 4.04. The zero-order valence-electron chi connectivity index (χ0n) is 6.95. The molecule has 0 saturated carbocycles. The molecule has 0 radical (unpaired) electrons. The smallest absolute Gasteiger partial charge is 0.272 e. The third-order valence-electron chi connectivity index (χ3n) is 1.20. The largest absolute Gasteiger partial charge is 1.00 e. The fourth-order valence-electron chi connectivity index (χ4n) is 0.689. The minimum atomic E-state index is -4.57. The number of hydrogen-bond acceptors (Lipinski definition) is 3. The molecule has 0 amide bonds. The number of anilines is 1. The Bertz CT molecular complexity index is 352. The van der Waals surface area contributed by atoms with Gasteiger partial charge >= 0.3 is 61.7 Å². The van der Waals surface area contributed by atoms with Crippen LogP contribution < -0.4 is 55.9 Å². The van der Waals surface area contributed by atoms with Crippen molar-refractivity contribution in [1.82, 2.24) is 0 Å². The SMILES string of the molecule is O=S(=O)(O)N(O)c1ccccc1.[K+]. The van der Waals surface area contributed by atoms with Gasteiger partial charge in [-0.3, -0.25) is 9.76 Å². The summed E-state index contributed by atoms with van der Waals surface area (Å²) in [5, 5.41) is 8.85. The van der Waals surface area contributed by atoms with Crippen LogP contribution in [-0.2, 0) is 10.3 Å². The van der Waals surface area contributed by atoms with E-state index in [9.17, 15) is 8.42 Å². The van der Waals surface area contributed by atoms with E-state index in [1.165, 1.54) is 24.3 Å². The van der Waals surface area contributed by atoms with Crippen molar-refractivity contribution in [1.29, 1.82) is 0 Å². The van der Waals surface area contributed by atoms with Crippen molar-refractivity contribution in [3.8, 4) is 0 Å². The van der Waals surface area contributed by atoms with E-state index in [0.717, 1.165) is 0 Å². The molecule has 0 heterocycles. The minimum Gasteiger partial charge on any atom is -0.272 e. The van der Waals surface area contributed by atoms with Crippen LogP contribution in [0.3, 0.4) is 0 Å². The summed E-state index contributed by atoms with van der Waals surface area (Å²) in [4.78, 5) is 0. The molecule has 0 saturated heterocycles. The summed E-state index contributed by atoms with van der Waals surface area (Å²) in [6.07, 6.45) is 0. The Kier molecular flexibility index (Phi) is 5.64. The summed E-state index contributed by atoms with van der Waals surface area (Å²) < 4.78 is 28.9. The van der Waals surface area contributed by atoms with E-state index < -0.39 is 10.3 Å². The van der Waals surface area contributed by atoms with Gasteiger partial charge in [0, 0.05) is 0 Å². The van der Waals surface area contributed by atoms with Gasteiger partial charge in [-0.1, -0.05) is 18.2 Å². The van der Waals surface area contributed by atoms with Crippen molar-refractivity contribution < 1.29 is 69.6 Å². The van der Waals surface area contributed by atoms with Crippen molar-refractivity contribution >= 4 is 16.0 Å². The van der Waals surface area contributed by atoms with Crippen LogP contribution in [0.4, 0.5) is 5.69 Å². The van der Waals surface area contributed by atoms with E-state index in [1.54, 1.807) is 6.07 Å². The number of nitrogens with zero attached hydrogens (tertiary/aromatic N) is 1. The van der Waals surface area contributed by atoms with E-state index in [0.29, 0.717) is 0 Å². The standard InChI is InChI=1S/C6H7NO4S.K/c8-7(12(9,10)11)6-4-2-1-3-5-6;/h1-5,8H,(H,9,10,11);/q;+1. The summed E-state index contributed by atoms with van der Waals surface area (Å²) in [6, 6.07) is 7.40. The van der Waals surface area contributed by atoms with Gasteiger partial charge < -0.3 is 0 Å². The molecule has 0 bridgehead atoms. The first-order chi connectivity index (χ1) is 5.52. The number of rotatable bonds is 2. The fraction of sp³-hybridized carbons (Fsp3) is 0. The van der Waals surface area contributed by atoms with Crippen LogP contribution in [0, 0.1) is 0 Å². The summed E-state index contributed by atoms with van der Waals surface area (Å²) >= 11 is 0. The van der Waals surface area contributed by atoms with Crippen LogP contribution in [-0.4, -0.2) is 18.2 Å². The van der Waals surface area contributed by atoms with Gasteiger partial charge in [0.2, 0.25) is 0 Å². The molecule has 13 heavy (non-hydrogen) atoms. The first-order valence-electron chi connectivity index (χ1n) is 3.03. The van der Waals surface area contributed by atoms with Crippen LogP contribution in [0.1, 0.15) is 0 Å². The second-order valence-corrected chi connectivity index (χ2v) is 3.30. The summed E-state index contributed by atoms with van der Waals surface area (Å²) in [6.45, 7) is 0. The van der Waals surface area contributed by atoms with Gasteiger partial charge in [-0.15, -0.1) is 4.47 Å². The van der Waals surface area contributed by atoms with Gasteiger partial charge in [-0.2, -0.15) is 8.42 Å². The van der Waals surface area contributed by atoms with Crippen molar-refractivity contribution in [3.63, 3.8) is 0 Å². The first kappa shape index (κ1) is 13.5. The van der Waals surface area contributed by atoms with Gasteiger partial charge in [-0.25, -0.2) is 0 Å². The second kappa shape index (κ2) is 5.42. The molecule has 1 aromatic rings. The number of para-hydroxylation sites is 1. The molecule has 0 aliphatic rings. The van der Waals surface area contributed by atoms with Crippen molar-refractivity contribution in [3.05, 3.63) is 30.3 Å². The molecule has 2 N–H and O–H groups in total. The topological polar surface area (TPSA) is 77.8 Å². The Labute approximate surface area is 119 Å². The molecule has 1 aromatic carbocycles. The molecule has 0 atom stereocenters. The maximum Gasteiger partial charge on any atom is 1.00 e. The number of benzene rings is 1. The predicted molar refractivity (Wildman–Crippen MR) is 42.3 cm³/mol. The molecule has 0 aliphatic heterocycles. The zero-order valence-corrected chi connectivity index (χ0v) is 10.9. The van der Waals surface area contributed by atoms with E-state index in [1.807, 2.05) is 0 Å². The normalized spacial score (nSPS) is 10.3. The molecule has 0 spiro atoms. The maximum atomic E-state index is 10.4. The molecule has 0 aromatic heterocycles. The van der Waals surface area contributed by atoms with E-state index in [2.05, 4.69) is 0 Å². The summed E-state index contributed by atoms with van der Waals surface area (Å²) in [7, 11) is -4.57. The van der Waals surface area contributed by atoms with Crippen LogP contribution in [0.15, 0.2) is 30.3 Å². The van der Waals surface area contributed by atoms with E-state index in [-0.39, 0.29) is 61.5 Å². The maximum absolute atomic E-state index is 10.4. The summed E-state index contributed by atoms with van der Waals surface area (Å²) in [5.74, 6) is 0. The Morgan fingerprint density at radius 1 is 1.15 bits per heavy atom. The van der Waals surface area contributed by atoms with Gasteiger partial charge in [0.05, 0.1) is 5.69 Å². The Morgan fingerprint density at radius 2 is 1.62 bits per heavy atom. The van der Waals surface area contributed by atoms with E-state index >= 15 is 0 Å². The van der Waals surface area contributed by atoms with Crippen LogP contribution in [0.5, 0.6) is 0 Å². The number of hydrogen-bond donors (Lipinski definition) is 2. The Hall–Kier alpha value is 0.526. The van der Waals surface area contributed by atoms with Crippen LogP contribution in [0.2, 0.25) is 0 Å². The van der Waals surface area contributed by atoms with Crippen LogP contribution in [0.25, 0.3) is 0 Å². The molecule has 1 rings (SSSR count). The fourth-order valence-corrected chi connectivity index (χ4v) is 1.08. The zero-order chi connectivity index (χ0) is 9.19. The molecule has 66 valence electrons. The van der Waals surface area contributed by atoms with E-state index in [4.69, 9.17) is 9.76 Å². The van der Waals surface area contributed by atoms with Gasteiger partial charge in [0.1, 0.15) is 0 Å². The van der Waals surface area contributed by atoms with Crippen molar-refractivity contribution in [2.24, 2.45) is 0 Å². The molecule has 0 fully saturated rings. The van der Waals surface area contributed by atoms with Crippen molar-refractivity contribution in [2.45, 2.75) is 0 Å². The summed E-state index contributed by atoms with van der Waals surface area (Å²) in [5.41, 5.74) is -0.0139. The first-order valence-corrected chi connectivity index (χ1v) is 4.43. The molecular weight excluding hydrogens is 221 g/mol.